The second kappa shape index (κ2) is 5.64. The van der Waals surface area contributed by atoms with Crippen molar-refractivity contribution in [1.29, 1.82) is 0 Å². The number of H-pyrrole nitrogens is 1. The number of aryl methyl sites for hydroxylation is 2. The summed E-state index contributed by atoms with van der Waals surface area (Å²) in [5, 5.41) is 2.69. The van der Waals surface area contributed by atoms with E-state index in [1.807, 2.05) is 12.1 Å². The van der Waals surface area contributed by atoms with E-state index in [1.54, 1.807) is 0 Å². The Balaban J connectivity index is 1.50. The number of imidazole rings is 1. The predicted molar refractivity (Wildman–Crippen MR) is 92.1 cm³/mol. The van der Waals surface area contributed by atoms with Crippen molar-refractivity contribution >= 4 is 21.8 Å². The molecule has 0 saturated heterocycles. The van der Waals surface area contributed by atoms with E-state index in [4.69, 9.17) is 0 Å². The molecule has 1 aromatic heterocycles. The highest BCUT2D eigenvalue weighted by molar-refractivity contribution is 5.85. The van der Waals surface area contributed by atoms with Crippen LogP contribution in [0.5, 0.6) is 0 Å². The third-order valence-electron chi connectivity index (χ3n) is 4.18. The molecule has 1 N–H and O–H groups in total. The van der Waals surface area contributed by atoms with Crippen molar-refractivity contribution in [2.45, 2.75) is 19.3 Å². The van der Waals surface area contributed by atoms with E-state index < -0.39 is 0 Å². The third kappa shape index (κ3) is 2.48. The minimum absolute atomic E-state index is 0.984. The number of nitrogens with one attached hydrogen (secondary N) is 1. The Kier molecular flexibility index (Phi) is 3.36. The summed E-state index contributed by atoms with van der Waals surface area (Å²) in [7, 11) is 0. The molecule has 108 valence electrons. The van der Waals surface area contributed by atoms with Crippen LogP contribution in [0.3, 0.4) is 0 Å². The average Bonchev–Trinajstić information content (AvgIpc) is 2.98. The first-order valence-corrected chi connectivity index (χ1v) is 7.80. The van der Waals surface area contributed by atoms with Crippen LogP contribution in [0.4, 0.5) is 0 Å². The molecule has 4 rings (SSSR count). The molecule has 0 aliphatic rings. The van der Waals surface area contributed by atoms with Gasteiger partial charge in [0.15, 0.2) is 0 Å². The van der Waals surface area contributed by atoms with E-state index >= 15 is 0 Å². The summed E-state index contributed by atoms with van der Waals surface area (Å²) < 4.78 is 0. The van der Waals surface area contributed by atoms with Crippen LogP contribution in [0.2, 0.25) is 0 Å². The van der Waals surface area contributed by atoms with Gasteiger partial charge in [0.25, 0.3) is 0 Å². The summed E-state index contributed by atoms with van der Waals surface area (Å²) in [5.41, 5.74) is 3.61. The molecular weight excluding hydrogens is 268 g/mol. The molecule has 0 atom stereocenters. The molecule has 2 nitrogen and oxygen atoms in total. The summed E-state index contributed by atoms with van der Waals surface area (Å²) >= 11 is 0. The van der Waals surface area contributed by atoms with Crippen LogP contribution in [-0.2, 0) is 12.8 Å². The van der Waals surface area contributed by atoms with Gasteiger partial charge in [-0.25, -0.2) is 4.98 Å². The third-order valence-corrected chi connectivity index (χ3v) is 4.18. The number of fused-ring (bicyclic) bond motifs is 2. The number of hydrogen-bond acceptors (Lipinski definition) is 1. The highest BCUT2D eigenvalue weighted by Gasteiger charge is 2.04. The Morgan fingerprint density at radius 3 is 2.55 bits per heavy atom. The number of benzene rings is 3. The molecule has 0 aliphatic heterocycles. The summed E-state index contributed by atoms with van der Waals surface area (Å²) in [5.74, 6) is 1.08. The average molecular weight is 286 g/mol. The number of para-hydroxylation sites is 2. The van der Waals surface area contributed by atoms with E-state index in [9.17, 15) is 0 Å². The highest BCUT2D eigenvalue weighted by atomic mass is 14.9. The van der Waals surface area contributed by atoms with Crippen molar-refractivity contribution in [2.24, 2.45) is 0 Å². The van der Waals surface area contributed by atoms with Gasteiger partial charge in [-0.3, -0.25) is 0 Å². The van der Waals surface area contributed by atoms with Gasteiger partial charge in [-0.2, -0.15) is 0 Å². The van der Waals surface area contributed by atoms with Crippen LogP contribution in [0.25, 0.3) is 21.8 Å². The summed E-state index contributed by atoms with van der Waals surface area (Å²) in [4.78, 5) is 8.06. The largest absolute Gasteiger partial charge is 0.342 e. The first kappa shape index (κ1) is 13.1. The van der Waals surface area contributed by atoms with Crippen molar-refractivity contribution in [2.75, 3.05) is 0 Å². The molecule has 0 saturated carbocycles. The molecule has 0 aliphatic carbocycles. The summed E-state index contributed by atoms with van der Waals surface area (Å²) in [6, 6.07) is 23.4. The van der Waals surface area contributed by atoms with Gasteiger partial charge >= 0.3 is 0 Å². The number of nitrogens with zero attached hydrogens (tertiary/aromatic N) is 1. The Labute approximate surface area is 129 Å². The van der Waals surface area contributed by atoms with Crippen molar-refractivity contribution in [3.8, 4) is 0 Å². The predicted octanol–water partition coefficient (Wildman–Crippen LogP) is 4.89. The van der Waals surface area contributed by atoms with E-state index in [0.717, 1.165) is 36.1 Å². The maximum absolute atomic E-state index is 4.65. The Morgan fingerprint density at radius 2 is 1.59 bits per heavy atom. The fraction of sp³-hybridized carbons (Fsp3) is 0.150. The fourth-order valence-corrected chi connectivity index (χ4v) is 3.08. The van der Waals surface area contributed by atoms with Crippen LogP contribution in [0.15, 0.2) is 66.7 Å². The molecule has 4 aromatic rings. The van der Waals surface area contributed by atoms with Crippen molar-refractivity contribution in [3.63, 3.8) is 0 Å². The van der Waals surface area contributed by atoms with Gasteiger partial charge < -0.3 is 4.98 Å². The summed E-state index contributed by atoms with van der Waals surface area (Å²) in [6.45, 7) is 0. The Bertz CT molecular complexity index is 883. The quantitative estimate of drug-likeness (QED) is 0.568. The Hall–Kier alpha value is -2.61. The SMILES string of the molecule is c1ccc2c(CCCc3nc4ccccc4[nH]3)cccc2c1. The van der Waals surface area contributed by atoms with E-state index in [2.05, 4.69) is 64.6 Å². The normalized spacial score (nSPS) is 11.3. The fourth-order valence-electron chi connectivity index (χ4n) is 3.08. The van der Waals surface area contributed by atoms with Crippen molar-refractivity contribution in [1.82, 2.24) is 9.97 Å². The van der Waals surface area contributed by atoms with Gasteiger partial charge in [-0.1, -0.05) is 54.6 Å². The number of hydrogen-bond donors (Lipinski definition) is 1. The van der Waals surface area contributed by atoms with Gasteiger partial charge in [0, 0.05) is 6.42 Å². The minimum atomic E-state index is 0.984. The number of aromatic nitrogens is 2. The lowest BCUT2D eigenvalue weighted by atomic mass is 10.0. The molecular formula is C20H18N2. The van der Waals surface area contributed by atoms with E-state index in [0.29, 0.717) is 0 Å². The highest BCUT2D eigenvalue weighted by Crippen LogP contribution is 2.20. The summed E-state index contributed by atoms with van der Waals surface area (Å²) in [6.07, 6.45) is 3.17. The molecule has 2 heteroatoms. The first-order valence-electron chi connectivity index (χ1n) is 7.80. The van der Waals surface area contributed by atoms with Gasteiger partial charge in [0.05, 0.1) is 11.0 Å². The first-order chi connectivity index (χ1) is 10.9. The van der Waals surface area contributed by atoms with E-state index in [-0.39, 0.29) is 0 Å². The van der Waals surface area contributed by atoms with Crippen LogP contribution in [0, 0.1) is 0 Å². The molecule has 22 heavy (non-hydrogen) atoms. The lowest BCUT2D eigenvalue weighted by Crippen LogP contribution is -1.93. The molecule has 0 spiro atoms. The molecule has 0 bridgehead atoms. The molecule has 0 amide bonds. The molecule has 3 aromatic carbocycles. The smallest absolute Gasteiger partial charge is 0.107 e. The minimum Gasteiger partial charge on any atom is -0.342 e. The number of aromatic amines is 1. The standard InChI is InChI=1S/C20H18N2/c1-2-11-17-15(7-1)8-5-9-16(17)10-6-14-20-21-18-12-3-4-13-19(18)22-20/h1-5,7-9,11-13H,6,10,14H2,(H,21,22). The van der Waals surface area contributed by atoms with Crippen molar-refractivity contribution in [3.05, 3.63) is 78.1 Å². The van der Waals surface area contributed by atoms with Crippen LogP contribution in [-0.4, -0.2) is 9.97 Å². The topological polar surface area (TPSA) is 28.7 Å². The Morgan fingerprint density at radius 1 is 0.773 bits per heavy atom. The second-order valence-electron chi connectivity index (χ2n) is 5.69. The molecule has 0 radical (unpaired) electrons. The van der Waals surface area contributed by atoms with Crippen LogP contribution >= 0.6 is 0 Å². The van der Waals surface area contributed by atoms with Gasteiger partial charge in [-0.15, -0.1) is 0 Å². The van der Waals surface area contributed by atoms with Crippen LogP contribution in [0.1, 0.15) is 17.8 Å². The monoisotopic (exact) mass is 286 g/mol. The van der Waals surface area contributed by atoms with Crippen molar-refractivity contribution < 1.29 is 0 Å². The van der Waals surface area contributed by atoms with Crippen LogP contribution < -0.4 is 0 Å². The van der Waals surface area contributed by atoms with E-state index in [1.165, 1.54) is 16.3 Å². The zero-order chi connectivity index (χ0) is 14.8. The maximum Gasteiger partial charge on any atom is 0.107 e. The molecule has 0 fully saturated rings. The van der Waals surface area contributed by atoms with Gasteiger partial charge in [0.2, 0.25) is 0 Å². The number of rotatable bonds is 4. The van der Waals surface area contributed by atoms with Gasteiger partial charge in [0.1, 0.15) is 5.82 Å². The zero-order valence-corrected chi connectivity index (χ0v) is 12.4. The van der Waals surface area contributed by atoms with Gasteiger partial charge in [-0.05, 0) is 41.3 Å². The lowest BCUT2D eigenvalue weighted by molar-refractivity contribution is 0.789. The zero-order valence-electron chi connectivity index (χ0n) is 12.4. The molecule has 1 heterocycles. The lowest BCUT2D eigenvalue weighted by Gasteiger charge is -2.05. The maximum atomic E-state index is 4.65. The molecule has 0 unspecified atom stereocenters. The second-order valence-corrected chi connectivity index (χ2v) is 5.69.